The molecule has 3 heterocycles. The number of benzene rings is 2. The highest BCUT2D eigenvalue weighted by Crippen LogP contribution is 2.34. The Morgan fingerprint density at radius 2 is 1.87 bits per heavy atom. The van der Waals surface area contributed by atoms with Gasteiger partial charge in [0.15, 0.2) is 27.6 Å². The molecule has 0 aliphatic carbocycles. The molecule has 1 N–H and O–H groups in total. The maximum absolute atomic E-state index is 12.8. The van der Waals surface area contributed by atoms with Gasteiger partial charge < -0.3 is 14.8 Å². The van der Waals surface area contributed by atoms with Gasteiger partial charge >= 0.3 is 0 Å². The molecule has 3 aromatic heterocycles. The summed E-state index contributed by atoms with van der Waals surface area (Å²) in [7, 11) is 3.18. The van der Waals surface area contributed by atoms with E-state index in [1.807, 2.05) is 71.5 Å². The summed E-state index contributed by atoms with van der Waals surface area (Å²) in [5.74, 6) is 1.87. The van der Waals surface area contributed by atoms with Crippen LogP contribution >= 0.6 is 23.1 Å². The van der Waals surface area contributed by atoms with Gasteiger partial charge in [-0.05, 0) is 48.9 Å². The molecule has 0 bridgehead atoms. The second kappa shape index (κ2) is 11.4. The Morgan fingerprint density at radius 3 is 2.63 bits per heavy atom. The van der Waals surface area contributed by atoms with E-state index in [1.54, 1.807) is 26.6 Å². The fourth-order valence-corrected chi connectivity index (χ4v) is 5.30. The number of thioether (sulfide) groups is 1. The van der Waals surface area contributed by atoms with Crippen molar-refractivity contribution in [3.63, 3.8) is 0 Å². The van der Waals surface area contributed by atoms with Gasteiger partial charge in [0.25, 0.3) is 0 Å². The van der Waals surface area contributed by atoms with Gasteiger partial charge in [-0.15, -0.1) is 21.5 Å². The smallest absolute Gasteiger partial charge is 0.236 e. The summed E-state index contributed by atoms with van der Waals surface area (Å²) in [6.07, 6.45) is 3.46. The first kappa shape index (κ1) is 25.4. The van der Waals surface area contributed by atoms with E-state index in [-0.39, 0.29) is 11.7 Å². The average molecular weight is 545 g/mol. The molecule has 0 fully saturated rings. The summed E-state index contributed by atoms with van der Waals surface area (Å²) in [4.78, 5) is 21.6. The third-order valence-electron chi connectivity index (χ3n) is 5.67. The molecule has 0 spiro atoms. The summed E-state index contributed by atoms with van der Waals surface area (Å²) >= 11 is 2.67. The van der Waals surface area contributed by atoms with Gasteiger partial charge in [-0.25, -0.2) is 4.98 Å². The number of ether oxygens (including phenoxy) is 2. The van der Waals surface area contributed by atoms with Gasteiger partial charge in [0.05, 0.1) is 31.4 Å². The van der Waals surface area contributed by atoms with Crippen LogP contribution in [0.2, 0.25) is 0 Å². The van der Waals surface area contributed by atoms with Gasteiger partial charge in [-0.3, -0.25) is 14.3 Å². The Kier molecular flexibility index (Phi) is 7.66. The molecule has 0 saturated heterocycles. The molecule has 2 aromatic carbocycles. The molecule has 9 nitrogen and oxygen atoms in total. The number of rotatable bonds is 9. The van der Waals surface area contributed by atoms with Crippen LogP contribution in [0.5, 0.6) is 11.5 Å². The standard InChI is InChI=1S/C27H24N6O3S2/c1-17-7-4-5-9-21(17)33-25(19-8-6-12-28-14-19)31-32-27(33)38-16-24(34)30-26-29-20(15-37-26)18-10-11-22(35-2)23(13-18)36-3/h4-15H,16H2,1-3H3,(H,29,30,34). The number of thiazole rings is 1. The van der Waals surface area contributed by atoms with Crippen molar-refractivity contribution in [3.05, 3.63) is 77.9 Å². The highest BCUT2D eigenvalue weighted by Gasteiger charge is 2.19. The minimum absolute atomic E-state index is 0.141. The normalized spacial score (nSPS) is 10.8. The molecule has 0 aliphatic heterocycles. The van der Waals surface area contributed by atoms with Crippen molar-refractivity contribution in [2.75, 3.05) is 25.3 Å². The van der Waals surface area contributed by atoms with E-state index in [4.69, 9.17) is 9.47 Å². The topological polar surface area (TPSA) is 104 Å². The number of hydrogen-bond acceptors (Lipinski definition) is 9. The van der Waals surface area contributed by atoms with Gasteiger partial charge in [0.1, 0.15) is 0 Å². The highest BCUT2D eigenvalue weighted by molar-refractivity contribution is 7.99. The first-order chi connectivity index (χ1) is 18.6. The first-order valence-corrected chi connectivity index (χ1v) is 13.5. The molecule has 0 unspecified atom stereocenters. The molecule has 11 heteroatoms. The summed E-state index contributed by atoms with van der Waals surface area (Å²) < 4.78 is 12.6. The van der Waals surface area contributed by atoms with Crippen molar-refractivity contribution in [3.8, 4) is 39.8 Å². The Hall–Kier alpha value is -4.22. The summed E-state index contributed by atoms with van der Waals surface area (Å²) in [5, 5.41) is 14.7. The number of anilines is 1. The number of carbonyl (C=O) groups is 1. The quantitative estimate of drug-likeness (QED) is 0.242. The second-order valence-electron chi connectivity index (χ2n) is 8.11. The van der Waals surface area contributed by atoms with E-state index in [0.717, 1.165) is 28.1 Å². The zero-order chi connectivity index (χ0) is 26.5. The molecule has 38 heavy (non-hydrogen) atoms. The number of hydrogen-bond donors (Lipinski definition) is 1. The third kappa shape index (κ3) is 5.38. The summed E-state index contributed by atoms with van der Waals surface area (Å²) in [6, 6.07) is 17.4. The van der Waals surface area contributed by atoms with Crippen LogP contribution < -0.4 is 14.8 Å². The van der Waals surface area contributed by atoms with Crippen molar-refractivity contribution in [2.45, 2.75) is 12.1 Å². The number of aromatic nitrogens is 5. The predicted octanol–water partition coefficient (Wildman–Crippen LogP) is 5.51. The number of methoxy groups -OCH3 is 2. The largest absolute Gasteiger partial charge is 0.493 e. The highest BCUT2D eigenvalue weighted by atomic mass is 32.2. The van der Waals surface area contributed by atoms with E-state index in [0.29, 0.717) is 27.6 Å². The van der Waals surface area contributed by atoms with E-state index in [9.17, 15) is 4.79 Å². The van der Waals surface area contributed by atoms with Crippen LogP contribution in [0.1, 0.15) is 5.56 Å². The minimum atomic E-state index is -0.189. The fourth-order valence-electron chi connectivity index (χ4n) is 3.82. The average Bonchev–Trinajstić information content (AvgIpc) is 3.59. The van der Waals surface area contributed by atoms with Crippen LogP contribution in [0.25, 0.3) is 28.3 Å². The van der Waals surface area contributed by atoms with Crippen LogP contribution in [0.4, 0.5) is 5.13 Å². The Morgan fingerprint density at radius 1 is 1.03 bits per heavy atom. The SMILES string of the molecule is COc1ccc(-c2csc(NC(=O)CSc3nnc(-c4cccnc4)n3-c3ccccc3C)n2)cc1OC. The van der Waals surface area contributed by atoms with Crippen molar-refractivity contribution >= 4 is 34.1 Å². The van der Waals surface area contributed by atoms with Crippen LogP contribution in [0.15, 0.2) is 77.5 Å². The Balaban J connectivity index is 1.32. The molecule has 192 valence electrons. The zero-order valence-corrected chi connectivity index (χ0v) is 22.5. The lowest BCUT2D eigenvalue weighted by atomic mass is 10.1. The predicted molar refractivity (Wildman–Crippen MR) is 149 cm³/mol. The third-order valence-corrected chi connectivity index (χ3v) is 7.36. The van der Waals surface area contributed by atoms with E-state index >= 15 is 0 Å². The Bertz CT molecular complexity index is 1570. The van der Waals surface area contributed by atoms with Crippen molar-refractivity contribution in [1.82, 2.24) is 24.7 Å². The molecular formula is C27H24N6O3S2. The zero-order valence-electron chi connectivity index (χ0n) is 20.9. The van der Waals surface area contributed by atoms with Crippen molar-refractivity contribution in [1.29, 1.82) is 0 Å². The van der Waals surface area contributed by atoms with Crippen LogP contribution in [0.3, 0.4) is 0 Å². The van der Waals surface area contributed by atoms with Gasteiger partial charge in [-0.1, -0.05) is 30.0 Å². The van der Waals surface area contributed by atoms with Crippen LogP contribution in [-0.4, -0.2) is 50.6 Å². The van der Waals surface area contributed by atoms with E-state index < -0.39 is 0 Å². The van der Waals surface area contributed by atoms with Crippen molar-refractivity contribution < 1.29 is 14.3 Å². The minimum Gasteiger partial charge on any atom is -0.493 e. The van der Waals surface area contributed by atoms with Gasteiger partial charge in [0, 0.05) is 28.9 Å². The summed E-state index contributed by atoms with van der Waals surface area (Å²) in [5.41, 5.74) is 4.44. The van der Waals surface area contributed by atoms with Crippen LogP contribution in [0, 0.1) is 6.92 Å². The molecule has 5 aromatic rings. The maximum atomic E-state index is 12.8. The lowest BCUT2D eigenvalue weighted by molar-refractivity contribution is -0.113. The number of nitrogens with one attached hydrogen (secondary N) is 1. The lowest BCUT2D eigenvalue weighted by Crippen LogP contribution is -2.14. The number of nitrogens with zero attached hydrogens (tertiary/aromatic N) is 5. The molecule has 5 rings (SSSR count). The number of carbonyl (C=O) groups excluding carboxylic acids is 1. The molecule has 0 atom stereocenters. The van der Waals surface area contributed by atoms with Crippen LogP contribution in [-0.2, 0) is 4.79 Å². The monoisotopic (exact) mass is 544 g/mol. The lowest BCUT2D eigenvalue weighted by Gasteiger charge is -2.12. The molecular weight excluding hydrogens is 520 g/mol. The van der Waals surface area contributed by atoms with Crippen molar-refractivity contribution in [2.24, 2.45) is 0 Å². The first-order valence-electron chi connectivity index (χ1n) is 11.6. The number of aryl methyl sites for hydroxylation is 1. The number of para-hydroxylation sites is 1. The van der Waals surface area contributed by atoms with Gasteiger partial charge in [-0.2, -0.15) is 0 Å². The second-order valence-corrected chi connectivity index (χ2v) is 9.91. The molecule has 0 radical (unpaired) electrons. The summed E-state index contributed by atoms with van der Waals surface area (Å²) in [6.45, 7) is 2.03. The van der Waals surface area contributed by atoms with E-state index in [2.05, 4.69) is 25.5 Å². The number of amides is 1. The Labute approximate surface area is 227 Å². The van der Waals surface area contributed by atoms with Gasteiger partial charge in [0.2, 0.25) is 5.91 Å². The molecule has 1 amide bonds. The fraction of sp³-hybridized carbons (Fsp3) is 0.148. The van der Waals surface area contributed by atoms with E-state index in [1.165, 1.54) is 23.1 Å². The molecule has 0 saturated carbocycles. The maximum Gasteiger partial charge on any atom is 0.236 e. The molecule has 0 aliphatic rings. The number of pyridine rings is 1.